The van der Waals surface area contributed by atoms with Gasteiger partial charge in [0.1, 0.15) is 0 Å². The number of amides is 1. The maximum absolute atomic E-state index is 12.3. The second kappa shape index (κ2) is 8.27. The Morgan fingerprint density at radius 3 is 2.52 bits per heavy atom. The molecule has 0 radical (unpaired) electrons. The van der Waals surface area contributed by atoms with Crippen LogP contribution in [-0.4, -0.2) is 54.4 Å². The lowest BCUT2D eigenvalue weighted by Crippen LogP contribution is -2.38. The van der Waals surface area contributed by atoms with Gasteiger partial charge >= 0.3 is 0 Å². The average Bonchev–Trinajstić information content (AvgIpc) is 3.40. The number of rotatable bonds is 5. The molecule has 1 aromatic heterocycles. The third-order valence-corrected chi connectivity index (χ3v) is 9.04. The van der Waals surface area contributed by atoms with Gasteiger partial charge in [-0.2, -0.15) is 0 Å². The highest BCUT2D eigenvalue weighted by Crippen LogP contribution is 2.38. The molecule has 0 saturated carbocycles. The van der Waals surface area contributed by atoms with Crippen LogP contribution >= 0.6 is 0 Å². The van der Waals surface area contributed by atoms with Crippen LogP contribution in [0, 0.1) is 0 Å². The Balaban J connectivity index is 1.53. The Bertz CT molecular complexity index is 1340. The van der Waals surface area contributed by atoms with Crippen LogP contribution in [0.4, 0.5) is 0 Å². The van der Waals surface area contributed by atoms with Crippen molar-refractivity contribution in [3.8, 4) is 11.1 Å². The minimum Gasteiger partial charge on any atom is -0.366 e. The van der Waals surface area contributed by atoms with E-state index >= 15 is 0 Å². The summed E-state index contributed by atoms with van der Waals surface area (Å²) in [7, 11) is -1.05. The van der Waals surface area contributed by atoms with Gasteiger partial charge in [-0.05, 0) is 78.7 Å². The summed E-state index contributed by atoms with van der Waals surface area (Å²) in [5, 5.41) is 0.996. The van der Waals surface area contributed by atoms with Crippen LogP contribution in [0.2, 0.25) is 0 Å². The highest BCUT2D eigenvalue weighted by atomic mass is 32.2. The SMILES string of the molecule is CCS(=O)(=O)N1CCC(c2c[nH]c3c(C(N)=O)cc(-c4ccc5c(c4)CN(C)C5)cc23)CC1. The molecule has 3 N–H and O–H groups in total. The van der Waals surface area contributed by atoms with E-state index in [-0.39, 0.29) is 11.7 Å². The van der Waals surface area contributed by atoms with Crippen molar-refractivity contribution < 1.29 is 13.2 Å². The van der Waals surface area contributed by atoms with Crippen LogP contribution in [0.1, 0.15) is 52.7 Å². The van der Waals surface area contributed by atoms with Crippen molar-refractivity contribution in [2.75, 3.05) is 25.9 Å². The molecular weight excluding hydrogens is 436 g/mol. The molecule has 1 fully saturated rings. The predicted octanol–water partition coefficient (Wildman–Crippen LogP) is 3.41. The van der Waals surface area contributed by atoms with Crippen LogP contribution in [0.5, 0.6) is 0 Å². The third kappa shape index (κ3) is 3.96. The van der Waals surface area contributed by atoms with E-state index in [0.29, 0.717) is 18.7 Å². The maximum atomic E-state index is 12.3. The van der Waals surface area contributed by atoms with Crippen molar-refractivity contribution in [2.24, 2.45) is 5.73 Å². The normalized spacial score (nSPS) is 18.1. The topological polar surface area (TPSA) is 99.5 Å². The molecule has 0 bridgehead atoms. The van der Waals surface area contributed by atoms with Gasteiger partial charge in [0.25, 0.3) is 5.91 Å². The number of aromatic nitrogens is 1. The minimum absolute atomic E-state index is 0.132. The van der Waals surface area contributed by atoms with Gasteiger partial charge in [-0.25, -0.2) is 12.7 Å². The van der Waals surface area contributed by atoms with E-state index in [9.17, 15) is 13.2 Å². The minimum atomic E-state index is -3.16. The quantitative estimate of drug-likeness (QED) is 0.602. The second-order valence-electron chi connectivity index (χ2n) is 9.28. The molecule has 0 atom stereocenters. The third-order valence-electron chi connectivity index (χ3n) is 7.16. The Hall–Kier alpha value is -2.68. The van der Waals surface area contributed by atoms with E-state index in [4.69, 9.17) is 5.73 Å². The number of hydrogen-bond acceptors (Lipinski definition) is 4. The fourth-order valence-corrected chi connectivity index (χ4v) is 6.46. The number of sulfonamides is 1. The first-order valence-electron chi connectivity index (χ1n) is 11.5. The van der Waals surface area contributed by atoms with Gasteiger partial charge in [0.2, 0.25) is 10.0 Å². The van der Waals surface area contributed by atoms with Crippen LogP contribution in [0.15, 0.2) is 36.5 Å². The van der Waals surface area contributed by atoms with E-state index in [2.05, 4.69) is 41.2 Å². The predicted molar refractivity (Wildman–Crippen MR) is 130 cm³/mol. The zero-order valence-electron chi connectivity index (χ0n) is 19.1. The van der Waals surface area contributed by atoms with Crippen LogP contribution in [0.3, 0.4) is 0 Å². The Labute approximate surface area is 194 Å². The summed E-state index contributed by atoms with van der Waals surface area (Å²) in [5.74, 6) is -0.0983. The number of nitrogens with one attached hydrogen (secondary N) is 1. The molecular formula is C25H30N4O3S. The maximum Gasteiger partial charge on any atom is 0.250 e. The molecule has 7 nitrogen and oxygen atoms in total. The molecule has 1 saturated heterocycles. The summed E-state index contributed by atoms with van der Waals surface area (Å²) in [5.41, 5.74) is 12.8. The largest absolute Gasteiger partial charge is 0.366 e. The first-order chi connectivity index (χ1) is 15.8. The van der Waals surface area contributed by atoms with Crippen LogP contribution in [0.25, 0.3) is 22.0 Å². The number of primary amides is 1. The molecule has 2 aromatic carbocycles. The smallest absolute Gasteiger partial charge is 0.250 e. The molecule has 0 aliphatic carbocycles. The summed E-state index contributed by atoms with van der Waals surface area (Å²) in [4.78, 5) is 17.9. The zero-order valence-corrected chi connectivity index (χ0v) is 19.9. The lowest BCUT2D eigenvalue weighted by atomic mass is 9.88. The molecule has 174 valence electrons. The standard InChI is InChI=1S/C25H30N4O3S/c1-3-33(31,32)29-8-6-16(7-9-29)23-13-27-24-21(23)11-19(12-22(24)25(26)30)17-4-5-18-14-28(2)15-20(18)10-17/h4-5,10-13,16,27H,3,6-9,14-15H2,1-2H3,(H2,26,30). The second-order valence-corrected chi connectivity index (χ2v) is 11.5. The lowest BCUT2D eigenvalue weighted by molar-refractivity contribution is 0.100. The number of aromatic amines is 1. The van der Waals surface area contributed by atoms with Crippen molar-refractivity contribution in [1.82, 2.24) is 14.2 Å². The van der Waals surface area contributed by atoms with Crippen molar-refractivity contribution in [2.45, 2.75) is 38.8 Å². The van der Waals surface area contributed by atoms with Gasteiger partial charge < -0.3 is 10.7 Å². The number of fused-ring (bicyclic) bond motifs is 2. The van der Waals surface area contributed by atoms with Gasteiger partial charge in [0, 0.05) is 37.8 Å². The Morgan fingerprint density at radius 2 is 1.82 bits per heavy atom. The number of H-pyrrole nitrogens is 1. The fraction of sp³-hybridized carbons (Fsp3) is 0.400. The molecule has 8 heteroatoms. The highest BCUT2D eigenvalue weighted by Gasteiger charge is 2.29. The first kappa shape index (κ1) is 22.1. The van der Waals surface area contributed by atoms with Crippen LogP contribution < -0.4 is 5.73 Å². The number of benzene rings is 2. The fourth-order valence-electron chi connectivity index (χ4n) is 5.32. The average molecular weight is 467 g/mol. The summed E-state index contributed by atoms with van der Waals surface area (Å²) < 4.78 is 26.1. The first-order valence-corrected chi connectivity index (χ1v) is 13.1. The van der Waals surface area contributed by atoms with Crippen LogP contribution in [-0.2, 0) is 23.1 Å². The van der Waals surface area contributed by atoms with Crippen molar-refractivity contribution >= 4 is 26.8 Å². The molecule has 1 amide bonds. The number of carbonyl (C=O) groups is 1. The van der Waals surface area contributed by atoms with Gasteiger partial charge in [-0.1, -0.05) is 12.1 Å². The van der Waals surface area contributed by atoms with Gasteiger partial charge in [-0.3, -0.25) is 9.69 Å². The van der Waals surface area contributed by atoms with Crippen molar-refractivity contribution in [3.63, 3.8) is 0 Å². The summed E-state index contributed by atoms with van der Waals surface area (Å²) >= 11 is 0. The van der Waals surface area contributed by atoms with E-state index < -0.39 is 15.9 Å². The zero-order chi connectivity index (χ0) is 23.3. The molecule has 2 aliphatic heterocycles. The van der Waals surface area contributed by atoms with Gasteiger partial charge in [-0.15, -0.1) is 0 Å². The molecule has 0 spiro atoms. The van der Waals surface area contributed by atoms with E-state index in [1.807, 2.05) is 12.3 Å². The van der Waals surface area contributed by atoms with E-state index in [0.717, 1.165) is 53.5 Å². The van der Waals surface area contributed by atoms with Gasteiger partial charge in [0.15, 0.2) is 0 Å². The Kier molecular flexibility index (Phi) is 5.55. The number of hydrogen-bond donors (Lipinski definition) is 2. The van der Waals surface area contributed by atoms with Crippen molar-refractivity contribution in [1.29, 1.82) is 0 Å². The molecule has 0 unspecified atom stereocenters. The number of nitrogens with zero attached hydrogens (tertiary/aromatic N) is 2. The molecule has 3 aromatic rings. The summed E-state index contributed by atoms with van der Waals surface area (Å²) in [6.45, 7) is 4.60. The summed E-state index contributed by atoms with van der Waals surface area (Å²) in [6.07, 6.45) is 3.48. The van der Waals surface area contributed by atoms with E-state index in [1.54, 1.807) is 11.2 Å². The number of nitrogens with two attached hydrogens (primary N) is 1. The summed E-state index contributed by atoms with van der Waals surface area (Å²) in [6, 6.07) is 10.5. The highest BCUT2D eigenvalue weighted by molar-refractivity contribution is 7.89. The van der Waals surface area contributed by atoms with E-state index in [1.165, 1.54) is 11.1 Å². The number of carbonyl (C=O) groups excluding carboxylic acids is 1. The lowest BCUT2D eigenvalue weighted by Gasteiger charge is -2.31. The molecule has 3 heterocycles. The Morgan fingerprint density at radius 1 is 1.09 bits per heavy atom. The van der Waals surface area contributed by atoms with Crippen molar-refractivity contribution in [3.05, 3.63) is 58.8 Å². The molecule has 2 aliphatic rings. The molecule has 5 rings (SSSR count). The molecule has 33 heavy (non-hydrogen) atoms. The van der Waals surface area contributed by atoms with Gasteiger partial charge in [0.05, 0.1) is 16.8 Å². The monoisotopic (exact) mass is 466 g/mol. The number of piperidine rings is 1.